The lowest BCUT2D eigenvalue weighted by Crippen LogP contribution is -2.45. The highest BCUT2D eigenvalue weighted by molar-refractivity contribution is 4.90. The van der Waals surface area contributed by atoms with Crippen molar-refractivity contribution in [1.82, 2.24) is 9.80 Å². The van der Waals surface area contributed by atoms with Crippen molar-refractivity contribution in [2.24, 2.45) is 5.92 Å². The van der Waals surface area contributed by atoms with Crippen molar-refractivity contribution >= 4 is 0 Å². The Morgan fingerprint density at radius 2 is 1.82 bits per heavy atom. The third-order valence-corrected chi connectivity index (χ3v) is 3.34. The van der Waals surface area contributed by atoms with Crippen LogP contribution in [0.4, 0.5) is 0 Å². The van der Waals surface area contributed by atoms with Crippen LogP contribution in [0.3, 0.4) is 0 Å². The molecule has 0 N–H and O–H groups in total. The van der Waals surface area contributed by atoms with Crippen molar-refractivity contribution < 1.29 is 0 Å². The molecule has 2 heterocycles. The summed E-state index contributed by atoms with van der Waals surface area (Å²) in [6.07, 6.45) is 2.86. The van der Waals surface area contributed by atoms with Gasteiger partial charge in [0.05, 0.1) is 0 Å². The van der Waals surface area contributed by atoms with Crippen LogP contribution in [0.25, 0.3) is 0 Å². The summed E-state index contributed by atoms with van der Waals surface area (Å²) >= 11 is 0. The van der Waals surface area contributed by atoms with Crippen molar-refractivity contribution in [3.8, 4) is 0 Å². The summed E-state index contributed by atoms with van der Waals surface area (Å²) in [5.74, 6) is 1.01. The second-order valence-electron chi connectivity index (χ2n) is 4.15. The summed E-state index contributed by atoms with van der Waals surface area (Å²) in [5, 5.41) is 0. The topological polar surface area (TPSA) is 6.48 Å². The van der Waals surface area contributed by atoms with Gasteiger partial charge in [0.25, 0.3) is 0 Å². The first-order valence-electron chi connectivity index (χ1n) is 4.66. The average molecular weight is 154 g/mol. The van der Waals surface area contributed by atoms with Crippen molar-refractivity contribution in [2.75, 3.05) is 33.7 Å². The Hall–Kier alpha value is -0.0800. The van der Waals surface area contributed by atoms with Gasteiger partial charge in [0.15, 0.2) is 0 Å². The first kappa shape index (κ1) is 7.56. The summed E-state index contributed by atoms with van der Waals surface area (Å²) < 4.78 is 0. The Bertz CT molecular complexity index is 146. The van der Waals surface area contributed by atoms with E-state index in [0.717, 1.165) is 12.0 Å². The summed E-state index contributed by atoms with van der Waals surface area (Å²) in [5.41, 5.74) is 0. The summed E-state index contributed by atoms with van der Waals surface area (Å²) in [7, 11) is 4.51. The molecule has 2 rings (SSSR count). The van der Waals surface area contributed by atoms with Gasteiger partial charge in [-0.25, -0.2) is 0 Å². The van der Waals surface area contributed by atoms with Crippen LogP contribution in [0.2, 0.25) is 0 Å². The van der Waals surface area contributed by atoms with Crippen molar-refractivity contribution in [2.45, 2.75) is 18.9 Å². The highest BCUT2D eigenvalue weighted by atomic mass is 15.2. The van der Waals surface area contributed by atoms with Gasteiger partial charge in [-0.2, -0.15) is 0 Å². The Labute approximate surface area is 69.2 Å². The smallest absolute Gasteiger partial charge is 0.0249 e. The number of piperidine rings is 1. The minimum atomic E-state index is 0.869. The highest BCUT2D eigenvalue weighted by Gasteiger charge is 2.34. The molecule has 0 aliphatic carbocycles. The lowest BCUT2D eigenvalue weighted by atomic mass is 9.93. The van der Waals surface area contributed by atoms with Crippen LogP contribution < -0.4 is 0 Å². The summed E-state index contributed by atoms with van der Waals surface area (Å²) in [6, 6.07) is 0.869. The molecule has 2 aliphatic rings. The molecule has 0 aromatic heterocycles. The minimum absolute atomic E-state index is 0.869. The van der Waals surface area contributed by atoms with E-state index in [4.69, 9.17) is 0 Å². The van der Waals surface area contributed by atoms with E-state index in [2.05, 4.69) is 23.9 Å². The molecule has 2 saturated heterocycles. The number of likely N-dealkylation sites (N-methyl/N-ethyl adjacent to an activating group) is 2. The van der Waals surface area contributed by atoms with E-state index in [1.54, 1.807) is 0 Å². The SMILES string of the molecule is CN1CC[C@H]2CCN(C)[C@H]2C1. The molecule has 0 aromatic rings. The van der Waals surface area contributed by atoms with Crippen LogP contribution in [-0.2, 0) is 0 Å². The van der Waals surface area contributed by atoms with Crippen molar-refractivity contribution in [1.29, 1.82) is 0 Å². The quantitative estimate of drug-likeness (QED) is 0.505. The average Bonchev–Trinajstić information content (AvgIpc) is 2.33. The highest BCUT2D eigenvalue weighted by Crippen LogP contribution is 2.29. The van der Waals surface area contributed by atoms with Gasteiger partial charge in [0, 0.05) is 12.6 Å². The number of hydrogen-bond acceptors (Lipinski definition) is 2. The van der Waals surface area contributed by atoms with E-state index in [-0.39, 0.29) is 0 Å². The molecular weight excluding hydrogens is 136 g/mol. The zero-order chi connectivity index (χ0) is 7.84. The molecule has 2 nitrogen and oxygen atoms in total. The lowest BCUT2D eigenvalue weighted by Gasteiger charge is -2.35. The summed E-state index contributed by atoms with van der Waals surface area (Å²) in [6.45, 7) is 3.93. The normalized spacial score (nSPS) is 40.9. The molecule has 64 valence electrons. The fraction of sp³-hybridized carbons (Fsp3) is 1.00. The molecule has 0 saturated carbocycles. The summed E-state index contributed by atoms with van der Waals surface area (Å²) in [4.78, 5) is 4.99. The maximum Gasteiger partial charge on any atom is 0.0249 e. The monoisotopic (exact) mass is 154 g/mol. The molecule has 0 aromatic carbocycles. The van der Waals surface area contributed by atoms with E-state index in [1.165, 1.54) is 32.5 Å². The first-order valence-corrected chi connectivity index (χ1v) is 4.66. The number of likely N-dealkylation sites (tertiary alicyclic amines) is 2. The number of hydrogen-bond donors (Lipinski definition) is 0. The van der Waals surface area contributed by atoms with Crippen LogP contribution in [0.15, 0.2) is 0 Å². The molecule has 2 aliphatic heterocycles. The van der Waals surface area contributed by atoms with Gasteiger partial charge < -0.3 is 9.80 Å². The Morgan fingerprint density at radius 1 is 1.09 bits per heavy atom. The van der Waals surface area contributed by atoms with Gasteiger partial charge in [-0.3, -0.25) is 0 Å². The molecule has 2 heteroatoms. The minimum Gasteiger partial charge on any atom is -0.305 e. The second kappa shape index (κ2) is 2.76. The van der Waals surface area contributed by atoms with E-state index in [9.17, 15) is 0 Å². The number of rotatable bonds is 0. The molecule has 2 fully saturated rings. The largest absolute Gasteiger partial charge is 0.305 e. The van der Waals surface area contributed by atoms with E-state index < -0.39 is 0 Å². The van der Waals surface area contributed by atoms with E-state index in [0.29, 0.717) is 0 Å². The molecule has 0 radical (unpaired) electrons. The van der Waals surface area contributed by atoms with Gasteiger partial charge >= 0.3 is 0 Å². The first-order chi connectivity index (χ1) is 5.27. The van der Waals surface area contributed by atoms with E-state index >= 15 is 0 Å². The lowest BCUT2D eigenvalue weighted by molar-refractivity contribution is 0.140. The Balaban J connectivity index is 2.01. The predicted molar refractivity (Wildman–Crippen MR) is 46.6 cm³/mol. The Kier molecular flexibility index (Phi) is 1.90. The third-order valence-electron chi connectivity index (χ3n) is 3.34. The second-order valence-corrected chi connectivity index (χ2v) is 4.15. The maximum absolute atomic E-state index is 2.53. The van der Waals surface area contributed by atoms with Crippen molar-refractivity contribution in [3.05, 3.63) is 0 Å². The molecule has 0 bridgehead atoms. The van der Waals surface area contributed by atoms with Crippen LogP contribution in [-0.4, -0.2) is 49.6 Å². The molecule has 0 unspecified atom stereocenters. The fourth-order valence-corrected chi connectivity index (χ4v) is 2.51. The van der Waals surface area contributed by atoms with Crippen LogP contribution >= 0.6 is 0 Å². The standard InChI is InChI=1S/C9H18N2/c1-10-5-3-8-4-6-11(2)9(8)7-10/h8-9H,3-7H2,1-2H3/t8-,9-/m0/s1. The van der Waals surface area contributed by atoms with Gasteiger partial charge in [0.2, 0.25) is 0 Å². The molecule has 2 atom stereocenters. The molecular formula is C9H18N2. The fourth-order valence-electron chi connectivity index (χ4n) is 2.51. The molecule has 0 amide bonds. The van der Waals surface area contributed by atoms with Crippen molar-refractivity contribution in [3.63, 3.8) is 0 Å². The zero-order valence-electron chi connectivity index (χ0n) is 7.58. The van der Waals surface area contributed by atoms with Gasteiger partial charge in [-0.05, 0) is 45.9 Å². The molecule has 0 spiro atoms. The predicted octanol–water partition coefficient (Wildman–Crippen LogP) is 0.642. The van der Waals surface area contributed by atoms with Crippen LogP contribution in [0.5, 0.6) is 0 Å². The number of fused-ring (bicyclic) bond motifs is 1. The molecule has 11 heavy (non-hydrogen) atoms. The van der Waals surface area contributed by atoms with Gasteiger partial charge in [0.1, 0.15) is 0 Å². The maximum atomic E-state index is 2.53. The van der Waals surface area contributed by atoms with Gasteiger partial charge in [-0.1, -0.05) is 0 Å². The third kappa shape index (κ3) is 1.30. The number of nitrogens with zero attached hydrogens (tertiary/aromatic N) is 2. The van der Waals surface area contributed by atoms with Gasteiger partial charge in [-0.15, -0.1) is 0 Å². The zero-order valence-corrected chi connectivity index (χ0v) is 7.58. The Morgan fingerprint density at radius 3 is 2.64 bits per heavy atom. The van der Waals surface area contributed by atoms with Crippen LogP contribution in [0, 0.1) is 5.92 Å². The van der Waals surface area contributed by atoms with E-state index in [1.807, 2.05) is 0 Å². The van der Waals surface area contributed by atoms with Crippen LogP contribution in [0.1, 0.15) is 12.8 Å².